The zero-order chi connectivity index (χ0) is 13.4. The number of amides is 2. The maximum absolute atomic E-state index is 11.5. The molecule has 0 bridgehead atoms. The van der Waals surface area contributed by atoms with Gasteiger partial charge in [0.25, 0.3) is 0 Å². The molecular weight excluding hydrogens is 230 g/mol. The van der Waals surface area contributed by atoms with Gasteiger partial charge in [-0.1, -0.05) is 13.3 Å². The van der Waals surface area contributed by atoms with Crippen LogP contribution in [0.1, 0.15) is 32.6 Å². The molecule has 0 saturated carbocycles. The monoisotopic (exact) mass is 254 g/mol. The van der Waals surface area contributed by atoms with Crippen LogP contribution in [0, 0.1) is 12.3 Å². The molecule has 1 fully saturated rings. The number of carbonyl (C=O) groups excluding carboxylic acids is 2. The van der Waals surface area contributed by atoms with Crippen molar-refractivity contribution in [3.63, 3.8) is 0 Å². The van der Waals surface area contributed by atoms with Crippen molar-refractivity contribution in [3.8, 4) is 0 Å². The summed E-state index contributed by atoms with van der Waals surface area (Å²) < 4.78 is 0. The Kier molecular flexibility index (Phi) is 6.72. The summed E-state index contributed by atoms with van der Waals surface area (Å²) in [6.45, 7) is 5.57. The molecule has 1 aliphatic rings. The molecule has 1 saturated heterocycles. The van der Waals surface area contributed by atoms with Crippen LogP contribution in [0.25, 0.3) is 0 Å². The molecule has 18 heavy (non-hydrogen) atoms. The third-order valence-corrected chi connectivity index (χ3v) is 3.32. The van der Waals surface area contributed by atoms with Crippen molar-refractivity contribution in [3.05, 3.63) is 6.42 Å². The van der Waals surface area contributed by atoms with E-state index >= 15 is 0 Å². The van der Waals surface area contributed by atoms with E-state index in [4.69, 9.17) is 5.73 Å². The lowest BCUT2D eigenvalue weighted by molar-refractivity contribution is -0.121. The summed E-state index contributed by atoms with van der Waals surface area (Å²) >= 11 is 0. The van der Waals surface area contributed by atoms with E-state index in [0.717, 1.165) is 19.6 Å². The fraction of sp³-hybridized carbons (Fsp3) is 0.769. The van der Waals surface area contributed by atoms with Gasteiger partial charge in [0, 0.05) is 19.0 Å². The summed E-state index contributed by atoms with van der Waals surface area (Å²) in [6, 6.07) is 0. The van der Waals surface area contributed by atoms with Crippen LogP contribution in [-0.2, 0) is 9.59 Å². The van der Waals surface area contributed by atoms with Gasteiger partial charge in [-0.25, -0.2) is 0 Å². The van der Waals surface area contributed by atoms with Crippen LogP contribution in [0.15, 0.2) is 0 Å². The van der Waals surface area contributed by atoms with Crippen molar-refractivity contribution in [2.75, 3.05) is 26.2 Å². The Morgan fingerprint density at radius 3 is 2.61 bits per heavy atom. The van der Waals surface area contributed by atoms with E-state index in [1.165, 1.54) is 25.7 Å². The average molecular weight is 254 g/mol. The van der Waals surface area contributed by atoms with E-state index < -0.39 is 0 Å². The maximum atomic E-state index is 11.5. The molecule has 1 atom stereocenters. The van der Waals surface area contributed by atoms with Crippen molar-refractivity contribution < 1.29 is 9.59 Å². The Morgan fingerprint density at radius 1 is 1.33 bits per heavy atom. The van der Waals surface area contributed by atoms with E-state index in [0.29, 0.717) is 13.0 Å². The first kappa shape index (κ1) is 15.0. The highest BCUT2D eigenvalue weighted by atomic mass is 16.2. The first-order valence-electron chi connectivity index (χ1n) is 6.72. The fourth-order valence-electron chi connectivity index (χ4n) is 1.99. The van der Waals surface area contributed by atoms with Crippen molar-refractivity contribution in [2.24, 2.45) is 11.7 Å². The van der Waals surface area contributed by atoms with Crippen molar-refractivity contribution in [1.82, 2.24) is 10.2 Å². The number of carbonyl (C=O) groups is 2. The highest BCUT2D eigenvalue weighted by Gasteiger charge is 2.12. The number of hydrogen-bond donors (Lipinski definition) is 2. The minimum absolute atomic E-state index is 0.111. The van der Waals surface area contributed by atoms with Gasteiger partial charge in [-0.2, -0.15) is 0 Å². The SMILES string of the molecule is C[C@@H](C[CH]C(=O)NCCN1CCCCC1)C(N)=O. The molecular formula is C13H24N3O2. The molecule has 0 unspecified atom stereocenters. The first-order chi connectivity index (χ1) is 8.59. The number of primary amides is 1. The minimum Gasteiger partial charge on any atom is -0.369 e. The molecule has 1 heterocycles. The van der Waals surface area contributed by atoms with Crippen molar-refractivity contribution >= 4 is 11.8 Å². The molecule has 3 N–H and O–H groups in total. The van der Waals surface area contributed by atoms with Crippen LogP contribution in [0.2, 0.25) is 0 Å². The standard InChI is InChI=1S/C13H24N3O2/c1-11(13(14)18)5-6-12(17)15-7-10-16-8-3-2-4-9-16/h6,11H,2-5,7-10H2,1H3,(H2,14,18)(H,15,17)/t11-/m0/s1. The second-order valence-electron chi connectivity index (χ2n) is 4.94. The van der Waals surface area contributed by atoms with Gasteiger partial charge < -0.3 is 16.0 Å². The zero-order valence-electron chi connectivity index (χ0n) is 11.2. The predicted molar refractivity (Wildman–Crippen MR) is 70.6 cm³/mol. The van der Waals surface area contributed by atoms with Crippen LogP contribution in [0.4, 0.5) is 0 Å². The van der Waals surface area contributed by atoms with E-state index in [1.54, 1.807) is 6.92 Å². The Balaban J connectivity index is 2.04. The molecule has 5 heteroatoms. The largest absolute Gasteiger partial charge is 0.369 e. The molecule has 0 aromatic heterocycles. The minimum atomic E-state index is -0.368. The van der Waals surface area contributed by atoms with Gasteiger partial charge in [-0.3, -0.25) is 9.59 Å². The molecule has 2 amide bonds. The zero-order valence-corrected chi connectivity index (χ0v) is 11.2. The Labute approximate surface area is 109 Å². The maximum Gasteiger partial charge on any atom is 0.223 e. The van der Waals surface area contributed by atoms with Gasteiger partial charge in [0.1, 0.15) is 0 Å². The van der Waals surface area contributed by atoms with Crippen molar-refractivity contribution in [1.29, 1.82) is 0 Å². The first-order valence-corrected chi connectivity index (χ1v) is 6.72. The van der Waals surface area contributed by atoms with Crippen LogP contribution >= 0.6 is 0 Å². The number of nitrogens with two attached hydrogens (primary N) is 1. The summed E-state index contributed by atoms with van der Waals surface area (Å²) in [7, 11) is 0. The molecule has 103 valence electrons. The predicted octanol–water partition coefficient (Wildman–Crippen LogP) is 0.304. The van der Waals surface area contributed by atoms with Gasteiger partial charge >= 0.3 is 0 Å². The molecule has 5 nitrogen and oxygen atoms in total. The summed E-state index contributed by atoms with van der Waals surface area (Å²) in [5.41, 5.74) is 5.12. The Bertz CT molecular complexity index is 275. The molecule has 0 aromatic rings. The number of rotatable bonds is 7. The highest BCUT2D eigenvalue weighted by molar-refractivity contribution is 5.85. The summed E-state index contributed by atoms with van der Waals surface area (Å²) in [5, 5.41) is 2.84. The van der Waals surface area contributed by atoms with E-state index in [9.17, 15) is 9.59 Å². The van der Waals surface area contributed by atoms with Crippen LogP contribution in [0.3, 0.4) is 0 Å². The van der Waals surface area contributed by atoms with Crippen LogP contribution in [-0.4, -0.2) is 42.9 Å². The second kappa shape index (κ2) is 8.08. The number of hydrogen-bond acceptors (Lipinski definition) is 3. The third-order valence-electron chi connectivity index (χ3n) is 3.32. The van der Waals surface area contributed by atoms with Gasteiger partial charge in [0.15, 0.2) is 0 Å². The fourth-order valence-corrected chi connectivity index (χ4v) is 1.99. The van der Waals surface area contributed by atoms with Crippen LogP contribution in [0.5, 0.6) is 0 Å². The normalized spacial score (nSPS) is 18.3. The topological polar surface area (TPSA) is 75.4 Å². The number of nitrogens with zero attached hydrogens (tertiary/aromatic N) is 1. The van der Waals surface area contributed by atoms with Crippen LogP contribution < -0.4 is 11.1 Å². The molecule has 0 aromatic carbocycles. The van der Waals surface area contributed by atoms with Gasteiger partial charge in [0.2, 0.25) is 11.8 Å². The lowest BCUT2D eigenvalue weighted by Crippen LogP contribution is -2.38. The Morgan fingerprint density at radius 2 is 2.00 bits per heavy atom. The number of piperidine rings is 1. The molecule has 1 rings (SSSR count). The highest BCUT2D eigenvalue weighted by Crippen LogP contribution is 2.07. The molecule has 0 aliphatic carbocycles. The average Bonchev–Trinajstić information content (AvgIpc) is 2.37. The quantitative estimate of drug-likeness (QED) is 0.686. The summed E-state index contributed by atoms with van der Waals surface area (Å²) in [6.07, 6.45) is 5.75. The van der Waals surface area contributed by atoms with E-state index in [-0.39, 0.29) is 17.7 Å². The van der Waals surface area contributed by atoms with Gasteiger partial charge in [0.05, 0.1) is 6.42 Å². The van der Waals surface area contributed by atoms with Crippen molar-refractivity contribution in [2.45, 2.75) is 32.6 Å². The third kappa shape index (κ3) is 6.00. The van der Waals surface area contributed by atoms with Gasteiger partial charge in [-0.05, 0) is 32.4 Å². The summed E-state index contributed by atoms with van der Waals surface area (Å²) in [5.74, 6) is -0.759. The molecule has 1 aliphatic heterocycles. The number of nitrogens with one attached hydrogen (secondary N) is 1. The second-order valence-corrected chi connectivity index (χ2v) is 4.94. The molecule has 0 spiro atoms. The molecule has 1 radical (unpaired) electrons. The Hall–Kier alpha value is -1.10. The summed E-state index contributed by atoms with van der Waals surface area (Å²) in [4.78, 5) is 24.6. The lowest BCUT2D eigenvalue weighted by atomic mass is 10.1. The van der Waals surface area contributed by atoms with E-state index in [2.05, 4.69) is 10.2 Å². The van der Waals surface area contributed by atoms with Gasteiger partial charge in [-0.15, -0.1) is 0 Å². The number of likely N-dealkylation sites (tertiary alicyclic amines) is 1. The smallest absolute Gasteiger partial charge is 0.223 e. The van der Waals surface area contributed by atoms with E-state index in [1.807, 2.05) is 0 Å². The lowest BCUT2D eigenvalue weighted by Gasteiger charge is -2.26.